The maximum absolute atomic E-state index is 11.9. The average Bonchev–Trinajstić information content (AvgIpc) is 2.87. The first-order chi connectivity index (χ1) is 7.29. The van der Waals surface area contributed by atoms with Gasteiger partial charge in [0.25, 0.3) is 0 Å². The molecule has 0 amide bonds. The molecule has 0 bridgehead atoms. The van der Waals surface area contributed by atoms with Gasteiger partial charge in [0.05, 0.1) is 12.3 Å². The average molecular weight is 227 g/mol. The normalized spacial score (nSPS) is 19.5. The molecule has 15 heavy (non-hydrogen) atoms. The van der Waals surface area contributed by atoms with Crippen molar-refractivity contribution in [1.29, 1.82) is 0 Å². The predicted molar refractivity (Wildman–Crippen MR) is 60.7 cm³/mol. The molecule has 4 heteroatoms. The summed E-state index contributed by atoms with van der Waals surface area (Å²) in [5.74, 6) is 2.12. The Morgan fingerprint density at radius 2 is 2.00 bits per heavy atom. The molecule has 2 rings (SSSR count). The zero-order valence-electron chi connectivity index (χ0n) is 8.78. The number of hydrogen-bond donors (Lipinski definition) is 1. The summed E-state index contributed by atoms with van der Waals surface area (Å²) in [6.07, 6.45) is 4.67. The third-order valence-corrected chi connectivity index (χ3v) is 4.66. The highest BCUT2D eigenvalue weighted by atomic mass is 32.2. The van der Waals surface area contributed by atoms with Crippen molar-refractivity contribution < 1.29 is 8.63 Å². The van der Waals surface area contributed by atoms with Crippen molar-refractivity contribution in [2.24, 2.45) is 5.73 Å². The van der Waals surface area contributed by atoms with Crippen molar-refractivity contribution in [1.82, 2.24) is 0 Å². The Kier molecular flexibility index (Phi) is 3.59. The van der Waals surface area contributed by atoms with Gasteiger partial charge in [-0.1, -0.05) is 12.8 Å². The maximum atomic E-state index is 11.9. The second-order valence-corrected chi connectivity index (χ2v) is 5.72. The largest absolute Gasteiger partial charge is 0.464 e. The fourth-order valence-corrected chi connectivity index (χ4v) is 3.55. The molecule has 0 radical (unpaired) electrons. The van der Waals surface area contributed by atoms with E-state index in [4.69, 9.17) is 10.2 Å². The highest BCUT2D eigenvalue weighted by Crippen LogP contribution is 2.24. The molecule has 1 saturated carbocycles. The van der Waals surface area contributed by atoms with Crippen molar-refractivity contribution in [2.45, 2.75) is 43.2 Å². The molecule has 84 valence electrons. The summed E-state index contributed by atoms with van der Waals surface area (Å²) in [4.78, 5) is 0. The Balaban J connectivity index is 1.92. The number of hydrogen-bond acceptors (Lipinski definition) is 3. The Bertz CT molecular complexity index is 342. The van der Waals surface area contributed by atoms with E-state index < -0.39 is 10.8 Å². The van der Waals surface area contributed by atoms with Crippen LogP contribution in [0.15, 0.2) is 16.5 Å². The Labute approximate surface area is 92.5 Å². The van der Waals surface area contributed by atoms with Crippen LogP contribution in [0.2, 0.25) is 0 Å². The van der Waals surface area contributed by atoms with Crippen LogP contribution in [0, 0.1) is 0 Å². The van der Waals surface area contributed by atoms with Gasteiger partial charge in [-0.15, -0.1) is 0 Å². The minimum absolute atomic E-state index is 0.386. The van der Waals surface area contributed by atoms with Gasteiger partial charge in [-0.25, -0.2) is 0 Å². The van der Waals surface area contributed by atoms with Gasteiger partial charge in [0.1, 0.15) is 11.5 Å². The topological polar surface area (TPSA) is 56.2 Å². The Morgan fingerprint density at radius 3 is 2.60 bits per heavy atom. The van der Waals surface area contributed by atoms with E-state index in [1.807, 2.05) is 12.1 Å². The van der Waals surface area contributed by atoms with Crippen molar-refractivity contribution in [3.63, 3.8) is 0 Å². The monoisotopic (exact) mass is 227 g/mol. The van der Waals surface area contributed by atoms with Gasteiger partial charge in [-0.3, -0.25) is 4.21 Å². The second-order valence-electron chi connectivity index (χ2n) is 4.00. The lowest BCUT2D eigenvalue weighted by Gasteiger charge is -2.06. The van der Waals surface area contributed by atoms with E-state index in [0.717, 1.165) is 24.4 Å². The zero-order chi connectivity index (χ0) is 10.7. The van der Waals surface area contributed by atoms with Crippen LogP contribution in [0.1, 0.15) is 37.2 Å². The SMILES string of the molecule is NCc1ccc(CS(=O)C2CCCC2)o1. The summed E-state index contributed by atoms with van der Waals surface area (Å²) in [6, 6.07) is 3.75. The van der Waals surface area contributed by atoms with E-state index in [2.05, 4.69) is 0 Å². The predicted octanol–water partition coefficient (Wildman–Crippen LogP) is 1.93. The van der Waals surface area contributed by atoms with Crippen LogP contribution in [0.3, 0.4) is 0 Å². The van der Waals surface area contributed by atoms with Crippen molar-refractivity contribution in [3.8, 4) is 0 Å². The second kappa shape index (κ2) is 4.94. The summed E-state index contributed by atoms with van der Waals surface area (Å²) in [5, 5.41) is 0.386. The molecule has 1 unspecified atom stereocenters. The molecule has 0 saturated heterocycles. The van der Waals surface area contributed by atoms with Gasteiger partial charge in [0.2, 0.25) is 0 Å². The molecule has 3 nitrogen and oxygen atoms in total. The molecule has 0 spiro atoms. The van der Waals surface area contributed by atoms with E-state index in [9.17, 15) is 4.21 Å². The van der Waals surface area contributed by atoms with E-state index in [0.29, 0.717) is 17.5 Å². The molecule has 1 heterocycles. The summed E-state index contributed by atoms with van der Waals surface area (Å²) in [7, 11) is -0.770. The summed E-state index contributed by atoms with van der Waals surface area (Å²) < 4.78 is 17.4. The third kappa shape index (κ3) is 2.69. The van der Waals surface area contributed by atoms with E-state index >= 15 is 0 Å². The smallest absolute Gasteiger partial charge is 0.117 e. The van der Waals surface area contributed by atoms with E-state index in [1.54, 1.807) is 0 Å². The molecule has 1 aliphatic carbocycles. The summed E-state index contributed by atoms with van der Waals surface area (Å²) in [5.41, 5.74) is 5.45. The van der Waals surface area contributed by atoms with Crippen LogP contribution < -0.4 is 5.73 Å². The van der Waals surface area contributed by atoms with Crippen LogP contribution in [-0.2, 0) is 23.1 Å². The number of furan rings is 1. The molecule has 1 aliphatic rings. The van der Waals surface area contributed by atoms with Crippen LogP contribution in [0.25, 0.3) is 0 Å². The first-order valence-electron chi connectivity index (χ1n) is 5.44. The quantitative estimate of drug-likeness (QED) is 0.855. The number of rotatable bonds is 4. The van der Waals surface area contributed by atoms with Gasteiger partial charge in [-0.05, 0) is 25.0 Å². The van der Waals surface area contributed by atoms with Crippen molar-refractivity contribution >= 4 is 10.8 Å². The van der Waals surface area contributed by atoms with Gasteiger partial charge in [0, 0.05) is 16.0 Å². The van der Waals surface area contributed by atoms with Crippen LogP contribution in [0.4, 0.5) is 0 Å². The maximum Gasteiger partial charge on any atom is 0.117 e. The highest BCUT2D eigenvalue weighted by molar-refractivity contribution is 7.84. The Hall–Kier alpha value is -0.610. The van der Waals surface area contributed by atoms with E-state index in [-0.39, 0.29) is 0 Å². The molecule has 0 aromatic carbocycles. The minimum Gasteiger partial charge on any atom is -0.464 e. The van der Waals surface area contributed by atoms with Gasteiger partial charge in [-0.2, -0.15) is 0 Å². The molecule has 0 aliphatic heterocycles. The summed E-state index contributed by atoms with van der Waals surface area (Å²) in [6.45, 7) is 0.413. The molecular formula is C11H17NO2S. The standard InChI is InChI=1S/C11H17NO2S/c12-7-9-5-6-10(14-9)8-15(13)11-3-1-2-4-11/h5-6,11H,1-4,7-8,12H2. The molecule has 2 N–H and O–H groups in total. The van der Waals surface area contributed by atoms with Crippen molar-refractivity contribution in [2.75, 3.05) is 0 Å². The summed E-state index contributed by atoms with van der Waals surface area (Å²) >= 11 is 0. The number of nitrogens with two attached hydrogens (primary N) is 1. The van der Waals surface area contributed by atoms with Crippen LogP contribution >= 0.6 is 0 Å². The van der Waals surface area contributed by atoms with Gasteiger partial charge in [0.15, 0.2) is 0 Å². The lowest BCUT2D eigenvalue weighted by Crippen LogP contribution is -2.11. The first kappa shape index (κ1) is 10.9. The van der Waals surface area contributed by atoms with Crippen LogP contribution in [-0.4, -0.2) is 9.46 Å². The first-order valence-corrected chi connectivity index (χ1v) is 6.82. The Morgan fingerprint density at radius 1 is 1.33 bits per heavy atom. The minimum atomic E-state index is -0.770. The van der Waals surface area contributed by atoms with Gasteiger partial charge < -0.3 is 10.2 Å². The molecule has 1 atom stereocenters. The van der Waals surface area contributed by atoms with E-state index in [1.165, 1.54) is 12.8 Å². The lowest BCUT2D eigenvalue weighted by atomic mass is 10.4. The van der Waals surface area contributed by atoms with Crippen LogP contribution in [0.5, 0.6) is 0 Å². The fraction of sp³-hybridized carbons (Fsp3) is 0.636. The molecular weight excluding hydrogens is 210 g/mol. The van der Waals surface area contributed by atoms with Gasteiger partial charge >= 0.3 is 0 Å². The van der Waals surface area contributed by atoms with Crippen molar-refractivity contribution in [3.05, 3.63) is 23.7 Å². The fourth-order valence-electron chi connectivity index (χ4n) is 2.02. The zero-order valence-corrected chi connectivity index (χ0v) is 9.59. The third-order valence-electron chi connectivity index (χ3n) is 2.88. The molecule has 1 aromatic rings. The molecule has 1 fully saturated rings. The highest BCUT2D eigenvalue weighted by Gasteiger charge is 2.22. The lowest BCUT2D eigenvalue weighted by molar-refractivity contribution is 0.480. The molecule has 1 aromatic heterocycles.